The highest BCUT2D eigenvalue weighted by Gasteiger charge is 2.27. The monoisotopic (exact) mass is 412 g/mol. The van der Waals surface area contributed by atoms with E-state index >= 15 is 0 Å². The van der Waals surface area contributed by atoms with Gasteiger partial charge in [0, 0.05) is 23.7 Å². The van der Waals surface area contributed by atoms with Crippen LogP contribution in [0.5, 0.6) is 0 Å². The lowest BCUT2D eigenvalue weighted by Crippen LogP contribution is -2.32. The second-order valence-corrected chi connectivity index (χ2v) is 8.60. The molecule has 0 radical (unpaired) electrons. The number of rotatable bonds is 4. The van der Waals surface area contributed by atoms with Gasteiger partial charge in [-0.3, -0.25) is 0 Å². The Morgan fingerprint density at radius 3 is 2.52 bits per heavy atom. The molecule has 0 saturated carbocycles. The lowest BCUT2D eigenvalue weighted by Gasteiger charge is -2.25. The lowest BCUT2D eigenvalue weighted by atomic mass is 10.0. The van der Waals surface area contributed by atoms with E-state index in [4.69, 9.17) is 10.1 Å². The number of aromatic nitrogens is 3. The molecule has 1 aliphatic rings. The van der Waals surface area contributed by atoms with Gasteiger partial charge in [0.25, 0.3) is 0 Å². The summed E-state index contributed by atoms with van der Waals surface area (Å²) in [6.45, 7) is 7.32. The molecule has 31 heavy (non-hydrogen) atoms. The van der Waals surface area contributed by atoms with Crippen molar-refractivity contribution in [1.82, 2.24) is 14.6 Å². The van der Waals surface area contributed by atoms with Crippen LogP contribution in [0.25, 0.3) is 28.0 Å². The summed E-state index contributed by atoms with van der Waals surface area (Å²) < 4.78 is 1.98. The van der Waals surface area contributed by atoms with Gasteiger partial charge in [-0.2, -0.15) is 5.10 Å². The average Bonchev–Trinajstić information content (AvgIpc) is 3.37. The van der Waals surface area contributed by atoms with Crippen LogP contribution in [-0.4, -0.2) is 38.9 Å². The normalized spacial score (nSPS) is 16.4. The maximum absolute atomic E-state index is 9.91. The van der Waals surface area contributed by atoms with Gasteiger partial charge in [0.05, 0.1) is 24.0 Å². The number of anilines is 1. The molecule has 158 valence electrons. The maximum atomic E-state index is 9.91. The molecule has 4 aromatic rings. The van der Waals surface area contributed by atoms with Crippen molar-refractivity contribution in [1.29, 1.82) is 0 Å². The van der Waals surface area contributed by atoms with E-state index < -0.39 is 0 Å². The van der Waals surface area contributed by atoms with Gasteiger partial charge in [0.15, 0.2) is 5.65 Å². The summed E-state index contributed by atoms with van der Waals surface area (Å²) in [7, 11) is 0. The Labute approximate surface area is 183 Å². The molecule has 0 bridgehead atoms. The Balaban J connectivity index is 1.79. The maximum Gasteiger partial charge on any atom is 0.166 e. The molecule has 1 fully saturated rings. The largest absolute Gasteiger partial charge is 0.394 e. The van der Waals surface area contributed by atoms with Crippen LogP contribution in [-0.2, 0) is 0 Å². The average molecular weight is 413 g/mol. The topological polar surface area (TPSA) is 53.7 Å². The van der Waals surface area contributed by atoms with Crippen LogP contribution in [0, 0.1) is 20.8 Å². The van der Waals surface area contributed by atoms with Crippen molar-refractivity contribution < 1.29 is 5.11 Å². The number of hydrogen-bond acceptors (Lipinski definition) is 4. The van der Waals surface area contributed by atoms with Crippen LogP contribution in [0.3, 0.4) is 0 Å². The molecule has 2 aromatic heterocycles. The van der Waals surface area contributed by atoms with E-state index in [1.165, 1.54) is 11.1 Å². The summed E-state index contributed by atoms with van der Waals surface area (Å²) in [5, 5.41) is 14.8. The molecule has 3 heterocycles. The quantitative estimate of drug-likeness (QED) is 0.515. The summed E-state index contributed by atoms with van der Waals surface area (Å²) in [5.41, 5.74) is 8.59. The molecular formula is C26H28N4O. The molecule has 5 heteroatoms. The van der Waals surface area contributed by atoms with Crippen molar-refractivity contribution in [3.8, 4) is 22.4 Å². The smallest absolute Gasteiger partial charge is 0.166 e. The highest BCUT2D eigenvalue weighted by molar-refractivity contribution is 5.83. The van der Waals surface area contributed by atoms with Crippen LogP contribution < -0.4 is 4.90 Å². The van der Waals surface area contributed by atoms with Crippen LogP contribution in [0.1, 0.15) is 29.7 Å². The number of aliphatic hydroxyl groups is 1. The zero-order chi connectivity index (χ0) is 21.5. The lowest BCUT2D eigenvalue weighted by molar-refractivity contribution is 0.266. The summed E-state index contributed by atoms with van der Waals surface area (Å²) in [5.74, 6) is 0.911. The number of aliphatic hydroxyl groups excluding tert-OH is 1. The SMILES string of the molecule is Cc1ccc(-c2c(C)nn3c(-c4cccc(C)c4)cc(N4CCC[C@H]4CO)nc23)cc1. The minimum Gasteiger partial charge on any atom is -0.394 e. The molecule has 1 N–H and O–H groups in total. The van der Waals surface area contributed by atoms with Crippen LogP contribution in [0.2, 0.25) is 0 Å². The van der Waals surface area contributed by atoms with Gasteiger partial charge in [-0.05, 0) is 45.2 Å². The van der Waals surface area contributed by atoms with Gasteiger partial charge in [-0.25, -0.2) is 9.50 Å². The summed E-state index contributed by atoms with van der Waals surface area (Å²) in [6, 6.07) is 19.3. The first kappa shape index (κ1) is 19.8. The highest BCUT2D eigenvalue weighted by Crippen LogP contribution is 2.34. The molecule has 0 spiro atoms. The van der Waals surface area contributed by atoms with E-state index in [2.05, 4.69) is 80.3 Å². The molecule has 2 aromatic carbocycles. The number of hydrogen-bond donors (Lipinski definition) is 1. The van der Waals surface area contributed by atoms with Gasteiger partial charge >= 0.3 is 0 Å². The summed E-state index contributed by atoms with van der Waals surface area (Å²) in [4.78, 5) is 7.35. The standard InChI is InChI=1S/C26H28N4O/c1-17-9-11-20(12-10-17)25-19(3)28-30-23(21-7-4-6-18(2)14-21)15-24(27-26(25)30)29-13-5-8-22(29)16-31/h4,6-7,9-12,14-15,22,31H,5,8,13,16H2,1-3H3/t22-/m0/s1. The number of nitrogens with zero attached hydrogens (tertiary/aromatic N) is 4. The Morgan fingerprint density at radius 1 is 0.968 bits per heavy atom. The fourth-order valence-electron chi connectivity index (χ4n) is 4.65. The molecule has 5 nitrogen and oxygen atoms in total. The fraction of sp³-hybridized carbons (Fsp3) is 0.308. The van der Waals surface area contributed by atoms with E-state index in [0.717, 1.165) is 58.9 Å². The van der Waals surface area contributed by atoms with Crippen LogP contribution in [0.15, 0.2) is 54.6 Å². The number of fused-ring (bicyclic) bond motifs is 1. The molecule has 0 amide bonds. The van der Waals surface area contributed by atoms with Gasteiger partial charge in [0.1, 0.15) is 5.82 Å². The molecule has 1 aliphatic heterocycles. The minimum absolute atomic E-state index is 0.118. The van der Waals surface area contributed by atoms with Crippen LogP contribution in [0.4, 0.5) is 5.82 Å². The molecule has 1 saturated heterocycles. The fourth-order valence-corrected chi connectivity index (χ4v) is 4.65. The van der Waals surface area contributed by atoms with E-state index in [1.54, 1.807) is 0 Å². The zero-order valence-electron chi connectivity index (χ0n) is 18.3. The van der Waals surface area contributed by atoms with E-state index in [-0.39, 0.29) is 12.6 Å². The molecule has 5 rings (SSSR count). The Hall–Kier alpha value is -3.18. The Bertz CT molecular complexity index is 1240. The summed E-state index contributed by atoms with van der Waals surface area (Å²) >= 11 is 0. The molecule has 0 unspecified atom stereocenters. The predicted octanol–water partition coefficient (Wildman–Crippen LogP) is 4.95. The van der Waals surface area contributed by atoms with E-state index in [9.17, 15) is 5.11 Å². The Morgan fingerprint density at radius 2 is 1.77 bits per heavy atom. The molecule has 0 aliphatic carbocycles. The third-order valence-electron chi connectivity index (χ3n) is 6.29. The second-order valence-electron chi connectivity index (χ2n) is 8.60. The first-order chi connectivity index (χ1) is 15.0. The second kappa shape index (κ2) is 7.82. The van der Waals surface area contributed by atoms with Crippen molar-refractivity contribution in [2.45, 2.75) is 39.7 Å². The van der Waals surface area contributed by atoms with Gasteiger partial charge < -0.3 is 10.0 Å². The molecule has 1 atom stereocenters. The van der Waals surface area contributed by atoms with Gasteiger partial charge in [-0.1, -0.05) is 53.6 Å². The van der Waals surface area contributed by atoms with Gasteiger partial charge in [0.2, 0.25) is 0 Å². The van der Waals surface area contributed by atoms with Crippen molar-refractivity contribution in [3.05, 3.63) is 71.4 Å². The number of benzene rings is 2. The van der Waals surface area contributed by atoms with E-state index in [0.29, 0.717) is 0 Å². The predicted molar refractivity (Wildman–Crippen MR) is 126 cm³/mol. The van der Waals surface area contributed by atoms with Crippen molar-refractivity contribution in [2.75, 3.05) is 18.1 Å². The summed E-state index contributed by atoms with van der Waals surface area (Å²) in [6.07, 6.45) is 2.06. The van der Waals surface area contributed by atoms with Crippen LogP contribution >= 0.6 is 0 Å². The van der Waals surface area contributed by atoms with Crippen molar-refractivity contribution in [3.63, 3.8) is 0 Å². The Kier molecular flexibility index (Phi) is 4.98. The van der Waals surface area contributed by atoms with Crippen molar-refractivity contribution in [2.24, 2.45) is 0 Å². The molecular weight excluding hydrogens is 384 g/mol. The third-order valence-corrected chi connectivity index (χ3v) is 6.29. The first-order valence-electron chi connectivity index (χ1n) is 11.0. The third kappa shape index (κ3) is 3.49. The van der Waals surface area contributed by atoms with Gasteiger partial charge in [-0.15, -0.1) is 0 Å². The van der Waals surface area contributed by atoms with E-state index in [1.807, 2.05) is 4.52 Å². The minimum atomic E-state index is 0.118. The van der Waals surface area contributed by atoms with Crippen molar-refractivity contribution >= 4 is 11.5 Å². The number of aryl methyl sites for hydroxylation is 3. The zero-order valence-corrected chi connectivity index (χ0v) is 18.3. The highest BCUT2D eigenvalue weighted by atomic mass is 16.3. The first-order valence-corrected chi connectivity index (χ1v) is 11.0.